The summed E-state index contributed by atoms with van der Waals surface area (Å²) >= 11 is 8.81. The maximum absolute atomic E-state index is 6.06. The van der Waals surface area contributed by atoms with Crippen molar-refractivity contribution in [3.8, 4) is 5.75 Å². The van der Waals surface area contributed by atoms with Crippen molar-refractivity contribution in [1.82, 2.24) is 14.9 Å². The van der Waals surface area contributed by atoms with E-state index in [-0.39, 0.29) is 0 Å². The van der Waals surface area contributed by atoms with E-state index in [0.29, 0.717) is 17.9 Å². The van der Waals surface area contributed by atoms with E-state index in [0.717, 1.165) is 33.6 Å². The molecule has 0 saturated carbocycles. The molecule has 2 N–H and O–H groups in total. The van der Waals surface area contributed by atoms with Crippen LogP contribution < -0.4 is 10.2 Å². The molecule has 0 atom stereocenters. The fourth-order valence-corrected chi connectivity index (χ4v) is 3.19. The van der Waals surface area contributed by atoms with Crippen molar-refractivity contribution < 1.29 is 4.74 Å². The van der Waals surface area contributed by atoms with E-state index in [1.807, 2.05) is 25.1 Å². The van der Waals surface area contributed by atoms with E-state index in [1.165, 1.54) is 5.56 Å². The molecular formula is C19H21BrN4OS. The van der Waals surface area contributed by atoms with Crippen LogP contribution in [0.3, 0.4) is 0 Å². The van der Waals surface area contributed by atoms with Gasteiger partial charge in [-0.3, -0.25) is 5.10 Å². The number of nitrogens with zero attached hydrogens (tertiary/aromatic N) is 2. The van der Waals surface area contributed by atoms with Crippen molar-refractivity contribution in [3.63, 3.8) is 0 Å². The molecular weight excluding hydrogens is 412 g/mol. The van der Waals surface area contributed by atoms with Gasteiger partial charge in [0.25, 0.3) is 0 Å². The second-order valence-corrected chi connectivity index (χ2v) is 7.30. The average Bonchev–Trinajstić information content (AvgIpc) is 3.00. The van der Waals surface area contributed by atoms with E-state index in [9.17, 15) is 0 Å². The molecule has 0 spiro atoms. The minimum atomic E-state index is 0.528. The van der Waals surface area contributed by atoms with Gasteiger partial charge >= 0.3 is 0 Å². The van der Waals surface area contributed by atoms with E-state index in [4.69, 9.17) is 17.0 Å². The summed E-state index contributed by atoms with van der Waals surface area (Å²) in [5.41, 5.74) is 6.74. The molecule has 0 saturated heterocycles. The zero-order valence-electron chi connectivity index (χ0n) is 14.8. The number of benzene rings is 2. The number of ether oxygens (including phenoxy) is 1. The third-order valence-corrected chi connectivity index (χ3v) is 4.79. The van der Waals surface area contributed by atoms with Gasteiger partial charge in [-0.05, 0) is 42.9 Å². The van der Waals surface area contributed by atoms with Gasteiger partial charge in [-0.2, -0.15) is 5.10 Å². The summed E-state index contributed by atoms with van der Waals surface area (Å²) < 4.78 is 9.42. The van der Waals surface area contributed by atoms with Crippen LogP contribution in [-0.4, -0.2) is 14.9 Å². The first kappa shape index (κ1) is 18.7. The van der Waals surface area contributed by atoms with Crippen LogP contribution in [0.4, 0.5) is 0 Å². The van der Waals surface area contributed by atoms with E-state index in [1.54, 1.807) is 4.68 Å². The Hall–Kier alpha value is -2.12. The van der Waals surface area contributed by atoms with Crippen molar-refractivity contribution in [2.24, 2.45) is 0 Å². The van der Waals surface area contributed by atoms with Crippen LogP contribution in [0.5, 0.6) is 5.75 Å². The normalized spacial score (nSPS) is 10.7. The van der Waals surface area contributed by atoms with Crippen molar-refractivity contribution in [2.45, 2.75) is 33.4 Å². The lowest BCUT2D eigenvalue weighted by molar-refractivity contribution is 0.303. The minimum Gasteiger partial charge on any atom is -0.489 e. The summed E-state index contributed by atoms with van der Waals surface area (Å²) in [7, 11) is 0. The molecule has 2 aromatic carbocycles. The van der Waals surface area contributed by atoms with Crippen molar-refractivity contribution >= 4 is 28.1 Å². The molecule has 0 aliphatic carbocycles. The number of halogens is 1. The Morgan fingerprint density at radius 1 is 1.23 bits per heavy atom. The topological polar surface area (TPSA) is 54.9 Å². The molecule has 136 valence electrons. The van der Waals surface area contributed by atoms with Gasteiger partial charge < -0.3 is 10.2 Å². The summed E-state index contributed by atoms with van der Waals surface area (Å²) in [6.45, 7) is 5.22. The highest BCUT2D eigenvalue weighted by Crippen LogP contribution is 2.24. The first-order chi connectivity index (χ1) is 12.6. The largest absolute Gasteiger partial charge is 0.489 e. The molecule has 7 heteroatoms. The smallest absolute Gasteiger partial charge is 0.214 e. The predicted octanol–water partition coefficient (Wildman–Crippen LogP) is 4.90. The minimum absolute atomic E-state index is 0.528. The number of aromatic amines is 1. The Morgan fingerprint density at radius 2 is 2.00 bits per heavy atom. The van der Waals surface area contributed by atoms with Gasteiger partial charge in [-0.25, -0.2) is 4.68 Å². The molecule has 3 aromatic rings. The van der Waals surface area contributed by atoms with Gasteiger partial charge in [0, 0.05) is 16.5 Å². The molecule has 1 aromatic heterocycles. The lowest BCUT2D eigenvalue weighted by Gasteiger charge is -2.14. The highest BCUT2D eigenvalue weighted by molar-refractivity contribution is 9.10. The molecule has 0 fully saturated rings. The number of aryl methyl sites for hydroxylation is 2. The van der Waals surface area contributed by atoms with Crippen LogP contribution in [0.25, 0.3) is 0 Å². The summed E-state index contributed by atoms with van der Waals surface area (Å²) in [5, 5.41) is 7.03. The van der Waals surface area contributed by atoms with Gasteiger partial charge in [-0.1, -0.05) is 52.7 Å². The van der Waals surface area contributed by atoms with Gasteiger partial charge in [0.05, 0.1) is 6.54 Å². The zero-order valence-corrected chi connectivity index (χ0v) is 17.2. The lowest BCUT2D eigenvalue weighted by atomic mass is 10.1. The van der Waals surface area contributed by atoms with Gasteiger partial charge in [0.2, 0.25) is 4.77 Å². The number of aromatic nitrogens is 3. The molecule has 5 nitrogen and oxygen atoms in total. The standard InChI is InChI=1S/C19H21BrN4OS/c1-3-18-22-23-19(26)24(18)21-11-15-10-16(20)8-9-17(15)25-12-14-6-4-13(2)5-7-14/h4-10,21H,3,11-12H2,1-2H3,(H,23,26). The summed E-state index contributed by atoms with van der Waals surface area (Å²) in [6.07, 6.45) is 0.787. The van der Waals surface area contributed by atoms with Crippen LogP contribution >= 0.6 is 28.1 Å². The first-order valence-corrected chi connectivity index (χ1v) is 9.64. The molecule has 0 aliphatic heterocycles. The fraction of sp³-hybridized carbons (Fsp3) is 0.263. The maximum Gasteiger partial charge on any atom is 0.214 e. The Morgan fingerprint density at radius 3 is 2.73 bits per heavy atom. The molecule has 0 bridgehead atoms. The third-order valence-electron chi connectivity index (χ3n) is 4.02. The Labute approximate surface area is 166 Å². The van der Waals surface area contributed by atoms with Crippen LogP contribution in [0, 0.1) is 11.7 Å². The second-order valence-electron chi connectivity index (χ2n) is 6.00. The number of H-pyrrole nitrogens is 1. The molecule has 0 unspecified atom stereocenters. The SMILES string of the molecule is CCc1n[nH]c(=S)n1NCc1cc(Br)ccc1OCc1ccc(C)cc1. The van der Waals surface area contributed by atoms with Crippen molar-refractivity contribution in [3.05, 3.63) is 74.2 Å². The quantitative estimate of drug-likeness (QED) is 0.521. The third kappa shape index (κ3) is 4.53. The number of hydrogen-bond acceptors (Lipinski definition) is 4. The average molecular weight is 433 g/mol. The molecule has 26 heavy (non-hydrogen) atoms. The second kappa shape index (κ2) is 8.51. The Kier molecular flexibility index (Phi) is 6.11. The zero-order chi connectivity index (χ0) is 18.5. The highest BCUT2D eigenvalue weighted by Gasteiger charge is 2.08. The van der Waals surface area contributed by atoms with E-state index >= 15 is 0 Å². The molecule has 1 heterocycles. The van der Waals surface area contributed by atoms with Crippen LogP contribution in [-0.2, 0) is 19.6 Å². The molecule has 3 rings (SSSR count). The van der Waals surface area contributed by atoms with E-state index in [2.05, 4.69) is 62.7 Å². The lowest BCUT2D eigenvalue weighted by Crippen LogP contribution is -2.17. The van der Waals surface area contributed by atoms with Crippen LogP contribution in [0.15, 0.2) is 46.9 Å². The summed E-state index contributed by atoms with van der Waals surface area (Å²) in [4.78, 5) is 0. The summed E-state index contributed by atoms with van der Waals surface area (Å²) in [6, 6.07) is 14.4. The molecule has 0 aliphatic rings. The van der Waals surface area contributed by atoms with Gasteiger partial charge in [-0.15, -0.1) is 0 Å². The molecule has 0 amide bonds. The Balaban J connectivity index is 1.74. The van der Waals surface area contributed by atoms with Crippen molar-refractivity contribution in [1.29, 1.82) is 0 Å². The van der Waals surface area contributed by atoms with Gasteiger partial charge in [0.1, 0.15) is 12.4 Å². The fourth-order valence-electron chi connectivity index (χ4n) is 2.57. The van der Waals surface area contributed by atoms with E-state index < -0.39 is 0 Å². The van der Waals surface area contributed by atoms with Crippen LogP contribution in [0.2, 0.25) is 0 Å². The predicted molar refractivity (Wildman–Crippen MR) is 110 cm³/mol. The van der Waals surface area contributed by atoms with Crippen LogP contribution in [0.1, 0.15) is 29.4 Å². The highest BCUT2D eigenvalue weighted by atomic mass is 79.9. The monoisotopic (exact) mass is 432 g/mol. The van der Waals surface area contributed by atoms with Gasteiger partial charge in [0.15, 0.2) is 5.82 Å². The Bertz CT molecular complexity index is 933. The van der Waals surface area contributed by atoms with Crippen molar-refractivity contribution in [2.75, 3.05) is 5.43 Å². The number of rotatable bonds is 7. The summed E-state index contributed by atoms with van der Waals surface area (Å²) in [5.74, 6) is 1.71. The maximum atomic E-state index is 6.06. The molecule has 0 radical (unpaired) electrons. The number of hydrogen-bond donors (Lipinski definition) is 2. The first-order valence-electron chi connectivity index (χ1n) is 8.43. The number of nitrogens with one attached hydrogen (secondary N) is 2.